The molecule has 130 valence electrons. The highest BCUT2D eigenvalue weighted by Gasteiger charge is 2.11. The van der Waals surface area contributed by atoms with Gasteiger partial charge in [0.25, 0.3) is 0 Å². The van der Waals surface area contributed by atoms with E-state index >= 15 is 0 Å². The van der Waals surface area contributed by atoms with Crippen molar-refractivity contribution >= 4 is 29.9 Å². The molecule has 1 fully saturated rings. The summed E-state index contributed by atoms with van der Waals surface area (Å²) in [5.74, 6) is 0.486. The van der Waals surface area contributed by atoms with Gasteiger partial charge in [-0.1, -0.05) is 31.7 Å². The molecule has 1 heterocycles. The number of nitrogens with one attached hydrogen (secondary N) is 1. The van der Waals surface area contributed by atoms with E-state index in [0.29, 0.717) is 25.2 Å². The number of hydrogen-bond acceptors (Lipinski definition) is 3. The summed E-state index contributed by atoms with van der Waals surface area (Å²) in [7, 11) is 0. The zero-order chi connectivity index (χ0) is 15.5. The molecule has 0 radical (unpaired) electrons. The normalized spacial score (nSPS) is 16.4. The van der Waals surface area contributed by atoms with Gasteiger partial charge in [-0.05, 0) is 25.0 Å². The summed E-state index contributed by atoms with van der Waals surface area (Å²) in [4.78, 5) is 8.57. The van der Waals surface area contributed by atoms with Crippen molar-refractivity contribution < 1.29 is 4.74 Å². The van der Waals surface area contributed by atoms with Crippen LogP contribution in [-0.2, 0) is 11.2 Å². The van der Waals surface area contributed by atoms with Crippen molar-refractivity contribution in [1.82, 2.24) is 10.3 Å². The summed E-state index contributed by atoms with van der Waals surface area (Å²) in [5, 5.41) is 3.11. The highest BCUT2D eigenvalue weighted by atomic mass is 127. The fraction of sp³-hybridized carbons (Fsp3) is 0.647. The summed E-state index contributed by atoms with van der Waals surface area (Å²) in [6.45, 7) is 2.03. The molecule has 5 nitrogen and oxygen atoms in total. The largest absolute Gasteiger partial charge is 0.376 e. The molecular formula is C17H29IN4O. The van der Waals surface area contributed by atoms with Gasteiger partial charge in [-0.15, -0.1) is 24.0 Å². The molecule has 0 saturated heterocycles. The van der Waals surface area contributed by atoms with Crippen LogP contribution in [0.25, 0.3) is 0 Å². The quantitative estimate of drug-likeness (QED) is 0.229. The van der Waals surface area contributed by atoms with Crippen LogP contribution in [0.15, 0.2) is 29.4 Å². The molecule has 0 unspecified atom stereocenters. The first-order chi connectivity index (χ1) is 10.8. The van der Waals surface area contributed by atoms with Gasteiger partial charge >= 0.3 is 0 Å². The number of pyridine rings is 1. The first-order valence-electron chi connectivity index (χ1n) is 8.40. The average Bonchev–Trinajstić information content (AvgIpc) is 2.81. The van der Waals surface area contributed by atoms with Gasteiger partial charge < -0.3 is 15.8 Å². The van der Waals surface area contributed by atoms with Gasteiger partial charge in [0.05, 0.1) is 19.3 Å². The van der Waals surface area contributed by atoms with E-state index in [1.807, 2.05) is 18.2 Å². The van der Waals surface area contributed by atoms with E-state index in [0.717, 1.165) is 18.7 Å². The lowest BCUT2D eigenvalue weighted by Crippen LogP contribution is -2.33. The first kappa shape index (κ1) is 20.2. The van der Waals surface area contributed by atoms with Crippen LogP contribution in [0, 0.1) is 0 Å². The molecule has 3 N–H and O–H groups in total. The lowest BCUT2D eigenvalue weighted by Gasteiger charge is -2.14. The Morgan fingerprint density at radius 1 is 1.26 bits per heavy atom. The fourth-order valence-corrected chi connectivity index (χ4v) is 2.71. The zero-order valence-corrected chi connectivity index (χ0v) is 16.1. The molecule has 6 heteroatoms. The third-order valence-electron chi connectivity index (χ3n) is 3.94. The summed E-state index contributed by atoms with van der Waals surface area (Å²) >= 11 is 0. The summed E-state index contributed by atoms with van der Waals surface area (Å²) in [6, 6.07) is 5.92. The van der Waals surface area contributed by atoms with Crippen LogP contribution in [-0.4, -0.2) is 36.7 Å². The van der Waals surface area contributed by atoms with Crippen molar-refractivity contribution in [3.05, 3.63) is 30.1 Å². The predicted molar refractivity (Wildman–Crippen MR) is 105 cm³/mol. The van der Waals surface area contributed by atoms with E-state index in [-0.39, 0.29) is 24.0 Å². The number of guanidine groups is 1. The van der Waals surface area contributed by atoms with Crippen molar-refractivity contribution in [1.29, 1.82) is 0 Å². The van der Waals surface area contributed by atoms with Crippen LogP contribution in [0.3, 0.4) is 0 Å². The minimum absolute atomic E-state index is 0. The standard InChI is InChI=1S/C17H28N4O.HI/c18-17(20-12-10-15-7-5-6-11-19-15)21-13-14-22-16-8-3-1-2-4-9-16;/h5-7,11,16H,1-4,8-10,12-14H2,(H3,18,20,21);1H. The highest BCUT2D eigenvalue weighted by Crippen LogP contribution is 2.19. The second-order valence-corrected chi connectivity index (χ2v) is 5.75. The van der Waals surface area contributed by atoms with E-state index in [1.54, 1.807) is 6.20 Å². The molecule has 0 aromatic carbocycles. The van der Waals surface area contributed by atoms with Crippen LogP contribution >= 0.6 is 24.0 Å². The van der Waals surface area contributed by atoms with Crippen LogP contribution in [0.1, 0.15) is 44.2 Å². The Hall–Kier alpha value is -0.890. The maximum absolute atomic E-state index is 5.89. The minimum Gasteiger partial charge on any atom is -0.376 e. The summed E-state index contributed by atoms with van der Waals surface area (Å²) in [5.41, 5.74) is 6.90. The molecule has 0 bridgehead atoms. The third-order valence-corrected chi connectivity index (χ3v) is 3.94. The van der Waals surface area contributed by atoms with Crippen LogP contribution in [0.5, 0.6) is 0 Å². The van der Waals surface area contributed by atoms with Crippen LogP contribution in [0.2, 0.25) is 0 Å². The lowest BCUT2D eigenvalue weighted by atomic mass is 10.1. The van der Waals surface area contributed by atoms with Gasteiger partial charge in [-0.25, -0.2) is 0 Å². The second kappa shape index (κ2) is 12.5. The number of aromatic nitrogens is 1. The topological polar surface area (TPSA) is 72.5 Å². The number of aliphatic imine (C=N–C) groups is 1. The highest BCUT2D eigenvalue weighted by molar-refractivity contribution is 14.0. The Bertz CT molecular complexity index is 433. The van der Waals surface area contributed by atoms with Gasteiger partial charge in [0.15, 0.2) is 5.96 Å². The van der Waals surface area contributed by atoms with Gasteiger partial charge in [0.2, 0.25) is 0 Å². The number of nitrogens with two attached hydrogens (primary N) is 1. The monoisotopic (exact) mass is 432 g/mol. The van der Waals surface area contributed by atoms with E-state index in [1.165, 1.54) is 38.5 Å². The molecule has 1 aliphatic carbocycles. The van der Waals surface area contributed by atoms with Crippen LogP contribution in [0.4, 0.5) is 0 Å². The van der Waals surface area contributed by atoms with Crippen molar-refractivity contribution in [2.24, 2.45) is 10.7 Å². The Kier molecular flexibility index (Phi) is 11.0. The molecule has 0 amide bonds. The van der Waals surface area contributed by atoms with Crippen molar-refractivity contribution in [2.75, 3.05) is 19.7 Å². The maximum atomic E-state index is 5.89. The average molecular weight is 432 g/mol. The number of halogens is 1. The van der Waals surface area contributed by atoms with Crippen molar-refractivity contribution in [3.63, 3.8) is 0 Å². The predicted octanol–water partition coefficient (Wildman–Crippen LogP) is 2.89. The number of rotatable bonds is 7. The summed E-state index contributed by atoms with van der Waals surface area (Å²) in [6.07, 6.45) is 10.8. The number of nitrogens with zero attached hydrogens (tertiary/aromatic N) is 2. The lowest BCUT2D eigenvalue weighted by molar-refractivity contribution is 0.0487. The molecule has 1 aliphatic rings. The van der Waals surface area contributed by atoms with Gasteiger partial charge in [-0.3, -0.25) is 9.98 Å². The van der Waals surface area contributed by atoms with E-state index < -0.39 is 0 Å². The third kappa shape index (κ3) is 9.10. The molecule has 23 heavy (non-hydrogen) atoms. The first-order valence-corrected chi connectivity index (χ1v) is 8.40. The molecule has 2 rings (SSSR count). The van der Waals surface area contributed by atoms with E-state index in [2.05, 4.69) is 15.3 Å². The molecule has 1 saturated carbocycles. The van der Waals surface area contributed by atoms with Gasteiger partial charge in [-0.2, -0.15) is 0 Å². The summed E-state index contributed by atoms with van der Waals surface area (Å²) < 4.78 is 5.89. The Morgan fingerprint density at radius 3 is 2.74 bits per heavy atom. The van der Waals surface area contributed by atoms with E-state index in [4.69, 9.17) is 10.5 Å². The maximum Gasteiger partial charge on any atom is 0.188 e. The Morgan fingerprint density at radius 2 is 2.04 bits per heavy atom. The molecule has 0 spiro atoms. The van der Waals surface area contributed by atoms with Gasteiger partial charge in [0, 0.05) is 24.9 Å². The van der Waals surface area contributed by atoms with Crippen molar-refractivity contribution in [2.45, 2.75) is 51.0 Å². The molecule has 1 aromatic heterocycles. The van der Waals surface area contributed by atoms with Crippen LogP contribution < -0.4 is 11.1 Å². The SMILES string of the molecule is I.NC(=NCCOC1CCCCCC1)NCCc1ccccn1. The Labute approximate surface area is 156 Å². The van der Waals surface area contributed by atoms with Gasteiger partial charge in [0.1, 0.15) is 0 Å². The number of hydrogen-bond donors (Lipinski definition) is 2. The number of ether oxygens (including phenoxy) is 1. The molecule has 1 aromatic rings. The molecule has 0 atom stereocenters. The molecular weight excluding hydrogens is 403 g/mol. The zero-order valence-electron chi connectivity index (χ0n) is 13.7. The fourth-order valence-electron chi connectivity index (χ4n) is 2.71. The smallest absolute Gasteiger partial charge is 0.188 e. The van der Waals surface area contributed by atoms with Crippen molar-refractivity contribution in [3.8, 4) is 0 Å². The minimum atomic E-state index is 0. The molecule has 0 aliphatic heterocycles. The van der Waals surface area contributed by atoms with E-state index in [9.17, 15) is 0 Å². The second-order valence-electron chi connectivity index (χ2n) is 5.75. The Balaban J connectivity index is 0.00000264.